The number of carbonyl (C=O) groups excluding carboxylic acids is 2. The second-order valence-electron chi connectivity index (χ2n) is 7.60. The minimum atomic E-state index is -0.832. The lowest BCUT2D eigenvalue weighted by Gasteiger charge is -2.29. The maximum atomic E-state index is 13.2. The van der Waals surface area contributed by atoms with Gasteiger partial charge in [-0.25, -0.2) is 0 Å². The Bertz CT molecular complexity index is 945. The minimum absolute atomic E-state index is 0.00572. The molecule has 0 radical (unpaired) electrons. The van der Waals surface area contributed by atoms with Gasteiger partial charge in [-0.1, -0.05) is 61.3 Å². The Balaban J connectivity index is 2.35. The van der Waals surface area contributed by atoms with Gasteiger partial charge in [0.15, 0.2) is 0 Å². The molecule has 0 unspecified atom stereocenters. The molecule has 1 atom stereocenters. The largest absolute Gasteiger partial charge is 0.354 e. The summed E-state index contributed by atoms with van der Waals surface area (Å²) in [5.41, 5.74) is 0.622. The van der Waals surface area contributed by atoms with Crippen molar-refractivity contribution in [1.29, 1.82) is 0 Å². The monoisotopic (exact) mass is 465 g/mol. The third-order valence-electron chi connectivity index (χ3n) is 4.77. The molecule has 2 rings (SSSR count). The van der Waals surface area contributed by atoms with E-state index in [1.165, 1.54) is 23.1 Å². The van der Waals surface area contributed by atoms with Crippen LogP contribution >= 0.6 is 23.2 Å². The number of nitro benzene ring substituents is 1. The zero-order chi connectivity index (χ0) is 23.1. The molecular formula is C22H25Cl2N3O4. The molecule has 0 aliphatic heterocycles. The maximum absolute atomic E-state index is 13.2. The predicted molar refractivity (Wildman–Crippen MR) is 121 cm³/mol. The fourth-order valence-corrected chi connectivity index (χ4v) is 3.51. The van der Waals surface area contributed by atoms with Crippen LogP contribution in [-0.4, -0.2) is 34.2 Å². The fraction of sp³-hybridized carbons (Fsp3) is 0.364. The number of nitrogens with zero attached hydrogens (tertiary/aromatic N) is 2. The third-order valence-corrected chi connectivity index (χ3v) is 5.48. The Kier molecular flexibility index (Phi) is 8.83. The molecule has 9 heteroatoms. The summed E-state index contributed by atoms with van der Waals surface area (Å²) in [5.74, 6) is -0.532. The molecule has 0 aliphatic carbocycles. The Hall–Kier alpha value is -2.64. The van der Waals surface area contributed by atoms with Crippen LogP contribution in [0.3, 0.4) is 0 Å². The molecule has 0 spiro atoms. The van der Waals surface area contributed by atoms with Crippen molar-refractivity contribution >= 4 is 40.7 Å². The van der Waals surface area contributed by atoms with Gasteiger partial charge in [0.25, 0.3) is 5.69 Å². The second kappa shape index (κ2) is 11.1. The summed E-state index contributed by atoms with van der Waals surface area (Å²) in [7, 11) is 0. The number of nitrogens with one attached hydrogen (secondary N) is 1. The van der Waals surface area contributed by atoms with Crippen LogP contribution in [0.5, 0.6) is 0 Å². The van der Waals surface area contributed by atoms with Gasteiger partial charge in [-0.3, -0.25) is 19.7 Å². The SMILES string of the molecule is CC(C)CNC(=O)[C@@H](C)N(Cc1c(Cl)cccc1Cl)C(=O)Cc1ccccc1[N+](=O)[O-]. The van der Waals surface area contributed by atoms with Crippen LogP contribution in [-0.2, 0) is 22.6 Å². The summed E-state index contributed by atoms with van der Waals surface area (Å²) in [6.07, 6.45) is -0.235. The summed E-state index contributed by atoms with van der Waals surface area (Å²) >= 11 is 12.6. The highest BCUT2D eigenvalue weighted by Gasteiger charge is 2.29. The first kappa shape index (κ1) is 24.6. The van der Waals surface area contributed by atoms with Crippen molar-refractivity contribution in [1.82, 2.24) is 10.2 Å². The molecule has 31 heavy (non-hydrogen) atoms. The van der Waals surface area contributed by atoms with Gasteiger partial charge in [0, 0.05) is 40.3 Å². The number of benzene rings is 2. The second-order valence-corrected chi connectivity index (χ2v) is 8.41. The van der Waals surface area contributed by atoms with Crippen molar-refractivity contribution < 1.29 is 14.5 Å². The number of hydrogen-bond donors (Lipinski definition) is 1. The number of nitro groups is 1. The third kappa shape index (κ3) is 6.67. The van der Waals surface area contributed by atoms with E-state index in [1.807, 2.05) is 13.8 Å². The van der Waals surface area contributed by atoms with E-state index in [9.17, 15) is 19.7 Å². The lowest BCUT2D eigenvalue weighted by atomic mass is 10.1. The maximum Gasteiger partial charge on any atom is 0.273 e. The van der Waals surface area contributed by atoms with Crippen molar-refractivity contribution in [3.63, 3.8) is 0 Å². The minimum Gasteiger partial charge on any atom is -0.354 e. The zero-order valence-corrected chi connectivity index (χ0v) is 19.1. The molecule has 0 fully saturated rings. The Morgan fingerprint density at radius 2 is 1.68 bits per heavy atom. The van der Waals surface area contributed by atoms with Gasteiger partial charge in [0.05, 0.1) is 11.3 Å². The molecule has 2 aromatic carbocycles. The number of para-hydroxylation sites is 1. The van der Waals surface area contributed by atoms with E-state index in [0.717, 1.165) is 0 Å². The highest BCUT2D eigenvalue weighted by Crippen LogP contribution is 2.27. The lowest BCUT2D eigenvalue weighted by molar-refractivity contribution is -0.385. The molecule has 0 saturated heterocycles. The van der Waals surface area contributed by atoms with Gasteiger partial charge in [0.2, 0.25) is 11.8 Å². The molecule has 0 bridgehead atoms. The summed E-state index contributed by atoms with van der Waals surface area (Å²) in [6, 6.07) is 10.2. The van der Waals surface area contributed by atoms with Gasteiger partial charge in [-0.05, 0) is 25.0 Å². The molecule has 7 nitrogen and oxygen atoms in total. The molecule has 2 aromatic rings. The Morgan fingerprint density at radius 1 is 1.06 bits per heavy atom. The van der Waals surface area contributed by atoms with Crippen molar-refractivity contribution in [2.45, 2.75) is 39.8 Å². The summed E-state index contributed by atoms with van der Waals surface area (Å²) in [4.78, 5) is 38.1. The van der Waals surface area contributed by atoms with Gasteiger partial charge in [-0.2, -0.15) is 0 Å². The predicted octanol–water partition coefficient (Wildman–Crippen LogP) is 4.63. The number of hydrogen-bond acceptors (Lipinski definition) is 4. The van der Waals surface area contributed by atoms with Crippen LogP contribution in [0.1, 0.15) is 31.9 Å². The summed E-state index contributed by atoms with van der Waals surface area (Å²) < 4.78 is 0. The molecule has 0 aliphatic rings. The quantitative estimate of drug-likeness (QED) is 0.431. The van der Waals surface area contributed by atoms with Crippen LogP contribution in [0.4, 0.5) is 5.69 Å². The molecule has 0 heterocycles. The Labute approximate surface area is 191 Å². The molecule has 2 amide bonds. The highest BCUT2D eigenvalue weighted by atomic mass is 35.5. The smallest absolute Gasteiger partial charge is 0.273 e. The highest BCUT2D eigenvalue weighted by molar-refractivity contribution is 6.36. The molecule has 0 saturated carbocycles. The fourth-order valence-electron chi connectivity index (χ4n) is 2.99. The topological polar surface area (TPSA) is 92.6 Å². The number of carbonyl (C=O) groups is 2. The number of amides is 2. The van der Waals surface area contributed by atoms with Gasteiger partial charge in [-0.15, -0.1) is 0 Å². The van der Waals surface area contributed by atoms with Crippen LogP contribution in [0.2, 0.25) is 10.0 Å². The molecular weight excluding hydrogens is 441 g/mol. The van der Waals surface area contributed by atoms with Crippen LogP contribution < -0.4 is 5.32 Å². The van der Waals surface area contributed by atoms with E-state index in [4.69, 9.17) is 23.2 Å². The van der Waals surface area contributed by atoms with E-state index in [2.05, 4.69) is 5.32 Å². The van der Waals surface area contributed by atoms with Crippen molar-refractivity contribution in [2.75, 3.05) is 6.54 Å². The average Bonchev–Trinajstić information content (AvgIpc) is 2.71. The standard InChI is InChI=1S/C22H25Cl2N3O4/c1-14(2)12-25-22(29)15(3)26(13-17-18(23)8-6-9-19(17)24)21(28)11-16-7-4-5-10-20(16)27(30)31/h4-10,14-15H,11-13H2,1-3H3,(H,25,29)/t15-/m1/s1. The van der Waals surface area contributed by atoms with Crippen LogP contribution in [0, 0.1) is 16.0 Å². The summed E-state index contributed by atoms with van der Waals surface area (Å²) in [6.45, 7) is 5.99. The van der Waals surface area contributed by atoms with Crippen LogP contribution in [0.25, 0.3) is 0 Å². The van der Waals surface area contributed by atoms with Gasteiger partial charge in [0.1, 0.15) is 6.04 Å². The first-order chi connectivity index (χ1) is 14.6. The number of rotatable bonds is 9. The first-order valence-corrected chi connectivity index (χ1v) is 10.6. The van der Waals surface area contributed by atoms with E-state index in [-0.39, 0.29) is 36.0 Å². The molecule has 1 N–H and O–H groups in total. The van der Waals surface area contributed by atoms with Gasteiger partial charge < -0.3 is 10.2 Å². The molecule has 166 valence electrons. The zero-order valence-electron chi connectivity index (χ0n) is 17.6. The van der Waals surface area contributed by atoms with Gasteiger partial charge >= 0.3 is 0 Å². The van der Waals surface area contributed by atoms with E-state index < -0.39 is 16.9 Å². The van der Waals surface area contributed by atoms with Crippen molar-refractivity contribution in [3.05, 3.63) is 73.8 Å². The normalized spacial score (nSPS) is 11.8. The summed E-state index contributed by atoms with van der Waals surface area (Å²) in [5, 5.41) is 14.9. The first-order valence-electron chi connectivity index (χ1n) is 9.84. The molecule has 0 aromatic heterocycles. The van der Waals surface area contributed by atoms with Crippen molar-refractivity contribution in [2.24, 2.45) is 5.92 Å². The van der Waals surface area contributed by atoms with Crippen molar-refractivity contribution in [3.8, 4) is 0 Å². The van der Waals surface area contributed by atoms with E-state index >= 15 is 0 Å². The van der Waals surface area contributed by atoms with Crippen LogP contribution in [0.15, 0.2) is 42.5 Å². The van der Waals surface area contributed by atoms with E-state index in [1.54, 1.807) is 31.2 Å². The van der Waals surface area contributed by atoms with E-state index in [0.29, 0.717) is 22.2 Å². The Morgan fingerprint density at radius 3 is 2.26 bits per heavy atom. The number of halogens is 2. The lowest BCUT2D eigenvalue weighted by Crippen LogP contribution is -2.48. The average molecular weight is 466 g/mol.